The second-order valence-electron chi connectivity index (χ2n) is 10.9. The van der Waals surface area contributed by atoms with E-state index in [4.69, 9.17) is 0 Å². The van der Waals surface area contributed by atoms with E-state index in [0.29, 0.717) is 5.41 Å². The van der Waals surface area contributed by atoms with Crippen molar-refractivity contribution in [1.82, 2.24) is 0 Å². The zero-order valence-electron chi connectivity index (χ0n) is 21.9. The fraction of sp³-hybridized carbons (Fsp3) is 0.625. The summed E-state index contributed by atoms with van der Waals surface area (Å²) in [6, 6.07) is 8.97. The maximum absolute atomic E-state index is 4.10. The minimum atomic E-state index is 0.365. The van der Waals surface area contributed by atoms with E-state index in [1.54, 1.807) is 11.1 Å². The van der Waals surface area contributed by atoms with Crippen molar-refractivity contribution in [1.29, 1.82) is 0 Å². The molecule has 1 aromatic carbocycles. The second kappa shape index (κ2) is 13.2. The maximum Gasteiger partial charge on any atom is 0.0395 e. The highest BCUT2D eigenvalue weighted by molar-refractivity contribution is 5.53. The molecule has 182 valence electrons. The van der Waals surface area contributed by atoms with Gasteiger partial charge in [0.05, 0.1) is 0 Å². The summed E-state index contributed by atoms with van der Waals surface area (Å²) in [6.45, 7) is 13.6. The van der Waals surface area contributed by atoms with Crippen LogP contribution in [0.25, 0.3) is 0 Å². The first-order valence-electron chi connectivity index (χ1n) is 13.9. The molecule has 1 saturated heterocycles. The Balaban J connectivity index is 1.81. The van der Waals surface area contributed by atoms with Gasteiger partial charge in [0, 0.05) is 18.8 Å². The minimum Gasteiger partial charge on any atom is -0.371 e. The molecule has 1 aromatic rings. The summed E-state index contributed by atoms with van der Waals surface area (Å²) in [5.41, 5.74) is 6.74. The van der Waals surface area contributed by atoms with Crippen LogP contribution in [0.15, 0.2) is 60.2 Å². The summed E-state index contributed by atoms with van der Waals surface area (Å²) < 4.78 is 0. The number of benzene rings is 1. The Bertz CT molecular complexity index is 800. The predicted molar refractivity (Wildman–Crippen MR) is 147 cm³/mol. The van der Waals surface area contributed by atoms with E-state index in [1.165, 1.54) is 101 Å². The molecule has 0 N–H and O–H groups in total. The van der Waals surface area contributed by atoms with Crippen molar-refractivity contribution in [3.05, 3.63) is 65.8 Å². The molecule has 1 heteroatoms. The van der Waals surface area contributed by atoms with E-state index in [9.17, 15) is 0 Å². The summed E-state index contributed by atoms with van der Waals surface area (Å²) in [4.78, 5) is 2.68. The van der Waals surface area contributed by atoms with Crippen molar-refractivity contribution in [2.45, 2.75) is 104 Å². The van der Waals surface area contributed by atoms with Gasteiger partial charge in [-0.1, -0.05) is 81.5 Å². The Morgan fingerprint density at radius 1 is 1.12 bits per heavy atom. The van der Waals surface area contributed by atoms with Gasteiger partial charge in [0.1, 0.15) is 0 Å². The quantitative estimate of drug-likeness (QED) is 0.376. The van der Waals surface area contributed by atoms with Gasteiger partial charge >= 0.3 is 0 Å². The standard InChI is InChI=1S/C32H49N/c1-5-7-22-32(30-20-11-10-19-29(30)16-6-2)23-13-8-14-25-33(26-27(3)17-15-24-32)31-21-12-9-18-28(31)4/h5,9,11-12,18,20-21,27H,1,6-8,10,13-17,19,22-26H2,2-4H3. The Labute approximate surface area is 205 Å². The van der Waals surface area contributed by atoms with E-state index in [0.717, 1.165) is 12.3 Å². The lowest BCUT2D eigenvalue weighted by Gasteiger charge is -2.40. The summed E-state index contributed by atoms with van der Waals surface area (Å²) in [6.07, 6.45) is 24.1. The fourth-order valence-electron chi connectivity index (χ4n) is 6.41. The van der Waals surface area contributed by atoms with Crippen molar-refractivity contribution in [3.8, 4) is 0 Å². The van der Waals surface area contributed by atoms with Gasteiger partial charge in [0.15, 0.2) is 0 Å². The highest BCUT2D eigenvalue weighted by atomic mass is 15.1. The molecular weight excluding hydrogens is 398 g/mol. The normalized spacial score (nSPS) is 25.4. The van der Waals surface area contributed by atoms with Crippen LogP contribution in [0.3, 0.4) is 0 Å². The third-order valence-electron chi connectivity index (χ3n) is 8.15. The average molecular weight is 448 g/mol. The number of nitrogens with zero attached hydrogens (tertiary/aromatic N) is 1. The molecule has 2 aliphatic rings. The van der Waals surface area contributed by atoms with Crippen molar-refractivity contribution in [3.63, 3.8) is 0 Å². The number of rotatable bonds is 7. The summed E-state index contributed by atoms with van der Waals surface area (Å²) >= 11 is 0. The number of aryl methyl sites for hydroxylation is 1. The highest BCUT2D eigenvalue weighted by Gasteiger charge is 2.34. The lowest BCUT2D eigenvalue weighted by atomic mass is 9.66. The Kier molecular flexibility index (Phi) is 10.4. The lowest BCUT2D eigenvalue weighted by Crippen LogP contribution is -2.31. The first-order chi connectivity index (χ1) is 16.1. The van der Waals surface area contributed by atoms with Gasteiger partial charge in [-0.2, -0.15) is 0 Å². The van der Waals surface area contributed by atoms with Crippen LogP contribution < -0.4 is 4.90 Å². The highest BCUT2D eigenvalue weighted by Crippen LogP contribution is 2.48. The summed E-state index contributed by atoms with van der Waals surface area (Å²) in [5.74, 6) is 0.729. The van der Waals surface area contributed by atoms with Crippen molar-refractivity contribution in [2.75, 3.05) is 18.0 Å². The largest absolute Gasteiger partial charge is 0.371 e. The van der Waals surface area contributed by atoms with Gasteiger partial charge in [0.2, 0.25) is 0 Å². The molecule has 33 heavy (non-hydrogen) atoms. The van der Waals surface area contributed by atoms with Crippen LogP contribution in [-0.4, -0.2) is 13.1 Å². The van der Waals surface area contributed by atoms with E-state index in [1.807, 2.05) is 0 Å². The molecule has 0 aromatic heterocycles. The number of anilines is 1. The summed E-state index contributed by atoms with van der Waals surface area (Å²) in [5, 5.41) is 0. The maximum atomic E-state index is 4.10. The van der Waals surface area contributed by atoms with Crippen LogP contribution >= 0.6 is 0 Å². The average Bonchev–Trinajstić information content (AvgIpc) is 2.81. The zero-order valence-corrected chi connectivity index (χ0v) is 21.9. The number of allylic oxidation sites excluding steroid dienone is 5. The molecule has 2 atom stereocenters. The van der Waals surface area contributed by atoms with Crippen molar-refractivity contribution < 1.29 is 0 Å². The molecule has 0 spiro atoms. The number of hydrogen-bond acceptors (Lipinski definition) is 1. The molecule has 0 radical (unpaired) electrons. The van der Waals surface area contributed by atoms with Gasteiger partial charge in [-0.05, 0) is 93.2 Å². The number of para-hydroxylation sites is 1. The summed E-state index contributed by atoms with van der Waals surface area (Å²) in [7, 11) is 0. The molecule has 1 fully saturated rings. The third kappa shape index (κ3) is 7.11. The van der Waals surface area contributed by atoms with Gasteiger partial charge < -0.3 is 4.90 Å². The fourth-order valence-corrected chi connectivity index (χ4v) is 6.41. The van der Waals surface area contributed by atoms with Crippen LogP contribution in [0.4, 0.5) is 5.69 Å². The van der Waals surface area contributed by atoms with Gasteiger partial charge in [0.25, 0.3) is 0 Å². The first-order valence-corrected chi connectivity index (χ1v) is 13.9. The molecular formula is C32H49N. The molecule has 2 unspecified atom stereocenters. The van der Waals surface area contributed by atoms with Crippen molar-refractivity contribution >= 4 is 5.69 Å². The van der Waals surface area contributed by atoms with Crippen LogP contribution in [0, 0.1) is 18.3 Å². The monoisotopic (exact) mass is 447 g/mol. The van der Waals surface area contributed by atoms with Gasteiger partial charge in [-0.25, -0.2) is 0 Å². The third-order valence-corrected chi connectivity index (χ3v) is 8.15. The molecule has 0 saturated carbocycles. The smallest absolute Gasteiger partial charge is 0.0395 e. The van der Waals surface area contributed by atoms with Crippen molar-refractivity contribution in [2.24, 2.45) is 11.3 Å². The van der Waals surface area contributed by atoms with Gasteiger partial charge in [-0.15, -0.1) is 6.58 Å². The minimum absolute atomic E-state index is 0.365. The van der Waals surface area contributed by atoms with E-state index in [2.05, 4.69) is 74.7 Å². The topological polar surface area (TPSA) is 3.24 Å². The molecule has 0 amide bonds. The SMILES string of the molecule is C=CCCC1(C2=C(CCC)CCC=C2)CCCCCN(c2ccccc2C)CC(C)CCC1. The molecule has 0 bridgehead atoms. The Morgan fingerprint density at radius 2 is 1.94 bits per heavy atom. The molecule has 3 rings (SSSR count). The van der Waals surface area contributed by atoms with E-state index < -0.39 is 0 Å². The first kappa shape index (κ1) is 25.9. The van der Waals surface area contributed by atoms with Crippen LogP contribution in [0.5, 0.6) is 0 Å². The Morgan fingerprint density at radius 3 is 2.73 bits per heavy atom. The molecule has 1 aliphatic carbocycles. The van der Waals surface area contributed by atoms with E-state index in [-0.39, 0.29) is 0 Å². The van der Waals surface area contributed by atoms with Gasteiger partial charge in [-0.3, -0.25) is 0 Å². The number of hydrogen-bond donors (Lipinski definition) is 0. The second-order valence-corrected chi connectivity index (χ2v) is 10.9. The van der Waals surface area contributed by atoms with Crippen LogP contribution in [-0.2, 0) is 0 Å². The Hall–Kier alpha value is -1.76. The van der Waals surface area contributed by atoms with E-state index >= 15 is 0 Å². The molecule has 1 heterocycles. The predicted octanol–water partition coefficient (Wildman–Crippen LogP) is 9.58. The van der Waals surface area contributed by atoms with Crippen LogP contribution in [0.2, 0.25) is 0 Å². The lowest BCUT2D eigenvalue weighted by molar-refractivity contribution is 0.252. The molecule has 1 aliphatic heterocycles. The zero-order chi connectivity index (χ0) is 23.5. The van der Waals surface area contributed by atoms with Crippen LogP contribution in [0.1, 0.15) is 103 Å². The molecule has 1 nitrogen and oxygen atoms in total.